The van der Waals surface area contributed by atoms with Crippen LogP contribution in [0.25, 0.3) is 0 Å². The van der Waals surface area contributed by atoms with Gasteiger partial charge in [-0.2, -0.15) is 0 Å². The predicted octanol–water partition coefficient (Wildman–Crippen LogP) is 1.47. The molecule has 0 atom stereocenters. The Balaban J connectivity index is 2.65. The molecule has 2 nitrogen and oxygen atoms in total. The van der Waals surface area contributed by atoms with E-state index in [0.29, 0.717) is 0 Å². The summed E-state index contributed by atoms with van der Waals surface area (Å²) in [6.07, 6.45) is 8.97. The molecule has 0 aromatic carbocycles. The Morgan fingerprint density at radius 2 is 1.33 bits per heavy atom. The molecule has 0 saturated heterocycles. The van der Waals surface area contributed by atoms with Crippen LogP contribution in [0.4, 0.5) is 0 Å². The van der Waals surface area contributed by atoms with E-state index in [9.17, 15) is 0 Å². The summed E-state index contributed by atoms with van der Waals surface area (Å²) in [6, 6.07) is 0. The summed E-state index contributed by atoms with van der Waals surface area (Å²) in [7, 11) is 8.79. The van der Waals surface area contributed by atoms with Crippen molar-refractivity contribution in [3.05, 3.63) is 24.3 Å². The maximum absolute atomic E-state index is 2.42. The zero-order valence-electron chi connectivity index (χ0n) is 8.23. The van der Waals surface area contributed by atoms with Crippen molar-refractivity contribution in [1.29, 1.82) is 0 Å². The van der Waals surface area contributed by atoms with Gasteiger partial charge in [-0.25, -0.2) is 0 Å². The molecule has 0 N–H and O–H groups in total. The third kappa shape index (κ3) is 2.31. The molecular formula is C9H17N2Nb. The second kappa shape index (κ2) is 4.40. The third-order valence-electron chi connectivity index (χ3n) is 1.81. The van der Waals surface area contributed by atoms with Crippen molar-refractivity contribution in [1.82, 2.24) is 6.61 Å². The SMILES string of the molecule is C[N](C)[Nb]([CH]1C=CC=C1)[N](C)C. The first-order valence-electron chi connectivity index (χ1n) is 4.11. The number of allylic oxidation sites excluding steroid dienone is 4. The summed E-state index contributed by atoms with van der Waals surface area (Å²) in [5.41, 5.74) is 0. The van der Waals surface area contributed by atoms with Gasteiger partial charge >= 0.3 is 82.2 Å². The molecular weight excluding hydrogens is 229 g/mol. The molecule has 0 spiro atoms. The van der Waals surface area contributed by atoms with E-state index in [1.54, 1.807) is 0 Å². The summed E-state index contributed by atoms with van der Waals surface area (Å²) in [5, 5.41) is 0. The van der Waals surface area contributed by atoms with Crippen molar-refractivity contribution in [3.63, 3.8) is 0 Å². The van der Waals surface area contributed by atoms with E-state index in [1.807, 2.05) is 0 Å². The normalized spacial score (nSPS) is 17.6. The molecule has 0 radical (unpaired) electrons. The summed E-state index contributed by atoms with van der Waals surface area (Å²) >= 11 is -1.39. The fourth-order valence-corrected chi connectivity index (χ4v) is 7.09. The minimum atomic E-state index is -1.39. The maximum atomic E-state index is 2.42. The summed E-state index contributed by atoms with van der Waals surface area (Å²) < 4.78 is 5.57. The number of rotatable bonds is 3. The van der Waals surface area contributed by atoms with Crippen LogP contribution in [0.15, 0.2) is 24.3 Å². The van der Waals surface area contributed by atoms with Crippen molar-refractivity contribution in [2.75, 3.05) is 28.2 Å². The fourth-order valence-electron chi connectivity index (χ4n) is 1.47. The Kier molecular flexibility index (Phi) is 3.75. The molecule has 68 valence electrons. The van der Waals surface area contributed by atoms with E-state index in [4.69, 9.17) is 0 Å². The molecule has 1 aliphatic carbocycles. The topological polar surface area (TPSA) is 6.48 Å². The molecule has 0 aromatic heterocycles. The second-order valence-corrected chi connectivity index (χ2v) is 10.2. The summed E-state index contributed by atoms with van der Waals surface area (Å²) in [6.45, 7) is 0. The van der Waals surface area contributed by atoms with Gasteiger partial charge in [0, 0.05) is 0 Å². The van der Waals surface area contributed by atoms with Gasteiger partial charge in [0.1, 0.15) is 0 Å². The van der Waals surface area contributed by atoms with Crippen LogP contribution >= 0.6 is 0 Å². The van der Waals surface area contributed by atoms with Crippen LogP contribution in [0.5, 0.6) is 0 Å². The van der Waals surface area contributed by atoms with Crippen LogP contribution < -0.4 is 0 Å². The predicted molar refractivity (Wildman–Crippen MR) is 49.4 cm³/mol. The molecule has 0 saturated carbocycles. The third-order valence-corrected chi connectivity index (χ3v) is 8.00. The van der Waals surface area contributed by atoms with E-state index >= 15 is 0 Å². The monoisotopic (exact) mass is 246 g/mol. The first kappa shape index (κ1) is 10.2. The number of nitrogens with zero attached hydrogens (tertiary/aromatic N) is 2. The number of hydrogen-bond acceptors (Lipinski definition) is 2. The Labute approximate surface area is 82.3 Å². The van der Waals surface area contributed by atoms with Crippen LogP contribution in [0, 0.1) is 0 Å². The quantitative estimate of drug-likeness (QED) is 0.696. The molecule has 3 heteroatoms. The van der Waals surface area contributed by atoms with Crippen molar-refractivity contribution < 1.29 is 19.0 Å². The average molecular weight is 246 g/mol. The van der Waals surface area contributed by atoms with Gasteiger partial charge in [-0.05, 0) is 0 Å². The Hall–Kier alpha value is 0.140. The van der Waals surface area contributed by atoms with E-state index in [0.717, 1.165) is 4.14 Å². The molecule has 0 heterocycles. The molecule has 12 heavy (non-hydrogen) atoms. The van der Waals surface area contributed by atoms with Crippen LogP contribution in [0.3, 0.4) is 0 Å². The van der Waals surface area contributed by atoms with Gasteiger partial charge in [-0.3, -0.25) is 0 Å². The standard InChI is InChI=1S/C5H5.2C2H6N.Nb/c1-2-4-5-3-1;2*1-3-2;/h1-5H;2*1-2H3;/q;2*-1;+2. The van der Waals surface area contributed by atoms with E-state index in [1.165, 1.54) is 0 Å². The van der Waals surface area contributed by atoms with E-state index in [2.05, 4.69) is 59.1 Å². The van der Waals surface area contributed by atoms with Gasteiger partial charge in [-0.15, -0.1) is 0 Å². The van der Waals surface area contributed by atoms with E-state index in [-0.39, 0.29) is 0 Å². The fraction of sp³-hybridized carbons (Fsp3) is 0.556. The van der Waals surface area contributed by atoms with Gasteiger partial charge in [0.25, 0.3) is 0 Å². The first-order chi connectivity index (χ1) is 5.63. The first-order valence-corrected chi connectivity index (χ1v) is 7.35. The number of hydrogen-bond donors (Lipinski definition) is 0. The van der Waals surface area contributed by atoms with E-state index < -0.39 is 19.0 Å². The van der Waals surface area contributed by atoms with Gasteiger partial charge in [-0.1, -0.05) is 0 Å². The summed E-state index contributed by atoms with van der Waals surface area (Å²) in [5.74, 6) is 0. The van der Waals surface area contributed by atoms with Gasteiger partial charge in [0.05, 0.1) is 0 Å². The molecule has 0 aliphatic heterocycles. The zero-order chi connectivity index (χ0) is 9.14. The Morgan fingerprint density at radius 3 is 1.67 bits per heavy atom. The van der Waals surface area contributed by atoms with Crippen LogP contribution in [-0.2, 0) is 19.0 Å². The summed E-state index contributed by atoms with van der Waals surface area (Å²) in [4.78, 5) is 0. The molecule has 0 bridgehead atoms. The average Bonchev–Trinajstić information content (AvgIpc) is 2.37. The molecule has 1 rings (SSSR count). The molecule has 1 aliphatic rings. The Bertz CT molecular complexity index is 177. The van der Waals surface area contributed by atoms with Gasteiger partial charge in [0.2, 0.25) is 0 Å². The van der Waals surface area contributed by atoms with Crippen LogP contribution in [0.2, 0.25) is 4.14 Å². The molecule has 0 amide bonds. The Morgan fingerprint density at radius 1 is 0.917 bits per heavy atom. The minimum absolute atomic E-state index is 0.720. The van der Waals surface area contributed by atoms with Crippen molar-refractivity contribution in [2.24, 2.45) is 0 Å². The van der Waals surface area contributed by atoms with Crippen molar-refractivity contribution in [3.8, 4) is 0 Å². The molecule has 0 aromatic rings. The zero-order valence-corrected chi connectivity index (χ0v) is 10.4. The van der Waals surface area contributed by atoms with Gasteiger partial charge < -0.3 is 0 Å². The van der Waals surface area contributed by atoms with Crippen LogP contribution in [-0.4, -0.2) is 34.8 Å². The molecule has 0 fully saturated rings. The van der Waals surface area contributed by atoms with Crippen molar-refractivity contribution >= 4 is 0 Å². The van der Waals surface area contributed by atoms with Crippen LogP contribution in [0.1, 0.15) is 0 Å². The van der Waals surface area contributed by atoms with Crippen molar-refractivity contribution in [2.45, 2.75) is 4.14 Å². The van der Waals surface area contributed by atoms with Gasteiger partial charge in [0.15, 0.2) is 0 Å². The second-order valence-electron chi connectivity index (χ2n) is 3.28. The molecule has 0 unspecified atom stereocenters.